The SMILES string of the molecule is O=C1c2ccccc2-c2cnc(-c3ccccc3)cc21. The summed E-state index contributed by atoms with van der Waals surface area (Å²) in [5.74, 6) is 0.0928. The first-order valence-corrected chi connectivity index (χ1v) is 6.54. The number of carbonyl (C=O) groups is 1. The van der Waals surface area contributed by atoms with E-state index in [1.807, 2.05) is 60.7 Å². The quantitative estimate of drug-likeness (QED) is 0.516. The van der Waals surface area contributed by atoms with Crippen LogP contribution in [0.3, 0.4) is 0 Å². The van der Waals surface area contributed by atoms with E-state index >= 15 is 0 Å². The third-order valence-electron chi connectivity index (χ3n) is 3.68. The van der Waals surface area contributed by atoms with E-state index in [2.05, 4.69) is 4.98 Å². The molecule has 0 fully saturated rings. The van der Waals surface area contributed by atoms with Gasteiger partial charge in [-0.15, -0.1) is 0 Å². The Bertz CT molecular complexity index is 822. The van der Waals surface area contributed by atoms with E-state index in [0.29, 0.717) is 0 Å². The summed E-state index contributed by atoms with van der Waals surface area (Å²) in [5, 5.41) is 0. The molecule has 1 aliphatic rings. The van der Waals surface area contributed by atoms with Crippen LogP contribution in [0.2, 0.25) is 0 Å². The summed E-state index contributed by atoms with van der Waals surface area (Å²) in [7, 11) is 0. The zero-order chi connectivity index (χ0) is 13.5. The summed E-state index contributed by atoms with van der Waals surface area (Å²) in [4.78, 5) is 16.9. The second-order valence-corrected chi connectivity index (χ2v) is 4.86. The highest BCUT2D eigenvalue weighted by Crippen LogP contribution is 2.37. The predicted molar refractivity (Wildman–Crippen MR) is 78.5 cm³/mol. The second-order valence-electron chi connectivity index (χ2n) is 4.86. The van der Waals surface area contributed by atoms with Gasteiger partial charge in [0.25, 0.3) is 0 Å². The number of benzene rings is 2. The van der Waals surface area contributed by atoms with Crippen molar-refractivity contribution in [3.63, 3.8) is 0 Å². The average molecular weight is 257 g/mol. The summed E-state index contributed by atoms with van der Waals surface area (Å²) in [6.45, 7) is 0. The highest BCUT2D eigenvalue weighted by molar-refractivity contribution is 6.21. The van der Waals surface area contributed by atoms with Crippen molar-refractivity contribution in [2.75, 3.05) is 0 Å². The number of pyridine rings is 1. The zero-order valence-corrected chi connectivity index (χ0v) is 10.7. The van der Waals surface area contributed by atoms with E-state index in [-0.39, 0.29) is 5.78 Å². The Morgan fingerprint density at radius 1 is 0.700 bits per heavy atom. The van der Waals surface area contributed by atoms with E-state index in [9.17, 15) is 4.79 Å². The van der Waals surface area contributed by atoms with Crippen molar-refractivity contribution >= 4 is 5.78 Å². The summed E-state index contributed by atoms with van der Waals surface area (Å²) in [6.07, 6.45) is 1.81. The highest BCUT2D eigenvalue weighted by Gasteiger charge is 2.26. The molecule has 1 aromatic heterocycles. The minimum atomic E-state index is 0.0928. The fourth-order valence-corrected chi connectivity index (χ4v) is 2.69. The van der Waals surface area contributed by atoms with Gasteiger partial charge in [0.2, 0.25) is 0 Å². The highest BCUT2D eigenvalue weighted by atomic mass is 16.1. The van der Waals surface area contributed by atoms with Crippen molar-refractivity contribution < 1.29 is 4.79 Å². The minimum Gasteiger partial charge on any atom is -0.289 e. The molecule has 0 saturated carbocycles. The van der Waals surface area contributed by atoms with Crippen LogP contribution in [0.4, 0.5) is 0 Å². The van der Waals surface area contributed by atoms with E-state index in [1.165, 1.54) is 0 Å². The van der Waals surface area contributed by atoms with E-state index in [4.69, 9.17) is 0 Å². The van der Waals surface area contributed by atoms with Gasteiger partial charge in [0.15, 0.2) is 5.78 Å². The van der Waals surface area contributed by atoms with Crippen LogP contribution in [0.5, 0.6) is 0 Å². The van der Waals surface area contributed by atoms with Crippen LogP contribution in [-0.2, 0) is 0 Å². The Morgan fingerprint density at radius 2 is 1.40 bits per heavy atom. The molecule has 0 bridgehead atoms. The number of ketones is 1. The minimum absolute atomic E-state index is 0.0928. The van der Waals surface area contributed by atoms with Crippen LogP contribution in [0.25, 0.3) is 22.4 Å². The number of fused-ring (bicyclic) bond motifs is 3. The molecule has 0 radical (unpaired) electrons. The third kappa shape index (κ3) is 1.51. The molecular formula is C18H11NO. The van der Waals surface area contributed by atoms with Crippen LogP contribution < -0.4 is 0 Å². The van der Waals surface area contributed by atoms with Gasteiger partial charge in [-0.1, -0.05) is 54.6 Å². The van der Waals surface area contributed by atoms with Crippen molar-refractivity contribution in [3.8, 4) is 22.4 Å². The molecule has 0 aliphatic heterocycles. The third-order valence-corrected chi connectivity index (χ3v) is 3.68. The summed E-state index contributed by atoms with van der Waals surface area (Å²) in [5.41, 5.74) is 5.31. The monoisotopic (exact) mass is 257 g/mol. The average Bonchev–Trinajstić information content (AvgIpc) is 2.81. The first-order valence-electron chi connectivity index (χ1n) is 6.54. The molecule has 3 aromatic rings. The van der Waals surface area contributed by atoms with Gasteiger partial charge in [-0.2, -0.15) is 0 Å². The standard InChI is InChI=1S/C18H11NO/c20-18-14-9-5-4-8-13(14)16-11-19-17(10-15(16)18)12-6-2-1-3-7-12/h1-11H. The maximum Gasteiger partial charge on any atom is 0.194 e. The largest absolute Gasteiger partial charge is 0.289 e. The Kier molecular flexibility index (Phi) is 2.30. The van der Waals surface area contributed by atoms with Crippen LogP contribution in [0.15, 0.2) is 66.9 Å². The Labute approximate surface area is 116 Å². The second kappa shape index (κ2) is 4.14. The normalized spacial score (nSPS) is 12.1. The number of hydrogen-bond acceptors (Lipinski definition) is 2. The summed E-state index contributed by atoms with van der Waals surface area (Å²) in [6, 6.07) is 19.5. The van der Waals surface area contributed by atoms with Gasteiger partial charge in [0.1, 0.15) is 0 Å². The molecule has 4 rings (SSSR count). The van der Waals surface area contributed by atoms with Crippen molar-refractivity contribution in [2.45, 2.75) is 0 Å². The number of hydrogen-bond donors (Lipinski definition) is 0. The molecule has 2 heteroatoms. The van der Waals surface area contributed by atoms with Crippen LogP contribution in [0, 0.1) is 0 Å². The lowest BCUT2D eigenvalue weighted by Gasteiger charge is -2.03. The van der Waals surface area contributed by atoms with Crippen LogP contribution in [0.1, 0.15) is 15.9 Å². The molecule has 0 atom stereocenters. The molecule has 20 heavy (non-hydrogen) atoms. The molecule has 2 aromatic carbocycles. The van der Waals surface area contributed by atoms with Crippen molar-refractivity contribution in [1.29, 1.82) is 0 Å². The number of aromatic nitrogens is 1. The van der Waals surface area contributed by atoms with Gasteiger partial charge in [0, 0.05) is 28.5 Å². The lowest BCUT2D eigenvalue weighted by atomic mass is 10.1. The van der Waals surface area contributed by atoms with Gasteiger partial charge < -0.3 is 0 Å². The zero-order valence-electron chi connectivity index (χ0n) is 10.7. The van der Waals surface area contributed by atoms with E-state index < -0.39 is 0 Å². The molecule has 1 aliphatic carbocycles. The van der Waals surface area contributed by atoms with E-state index in [1.54, 1.807) is 6.20 Å². The lowest BCUT2D eigenvalue weighted by molar-refractivity contribution is 0.104. The first-order chi connectivity index (χ1) is 9.84. The Hall–Kier alpha value is -2.74. The summed E-state index contributed by atoms with van der Waals surface area (Å²) < 4.78 is 0. The van der Waals surface area contributed by atoms with Crippen molar-refractivity contribution in [3.05, 3.63) is 78.0 Å². The molecule has 0 spiro atoms. The van der Waals surface area contributed by atoms with Crippen LogP contribution in [-0.4, -0.2) is 10.8 Å². The van der Waals surface area contributed by atoms with Crippen molar-refractivity contribution in [1.82, 2.24) is 4.98 Å². The summed E-state index contributed by atoms with van der Waals surface area (Å²) >= 11 is 0. The molecular weight excluding hydrogens is 246 g/mol. The topological polar surface area (TPSA) is 30.0 Å². The fourth-order valence-electron chi connectivity index (χ4n) is 2.69. The predicted octanol–water partition coefficient (Wildman–Crippen LogP) is 3.96. The molecule has 0 unspecified atom stereocenters. The van der Waals surface area contributed by atoms with Crippen LogP contribution >= 0.6 is 0 Å². The molecule has 0 N–H and O–H groups in total. The molecule has 0 amide bonds. The first kappa shape index (κ1) is 11.1. The van der Waals surface area contributed by atoms with Gasteiger partial charge in [-0.05, 0) is 11.6 Å². The number of rotatable bonds is 1. The fraction of sp³-hybridized carbons (Fsp3) is 0. The Balaban J connectivity index is 1.91. The number of nitrogens with zero attached hydrogens (tertiary/aromatic N) is 1. The lowest BCUT2D eigenvalue weighted by Crippen LogP contribution is -1.96. The number of carbonyl (C=O) groups excluding carboxylic acids is 1. The maximum absolute atomic E-state index is 12.4. The van der Waals surface area contributed by atoms with Gasteiger partial charge >= 0.3 is 0 Å². The van der Waals surface area contributed by atoms with E-state index in [0.717, 1.165) is 33.5 Å². The molecule has 1 heterocycles. The maximum atomic E-state index is 12.4. The molecule has 94 valence electrons. The van der Waals surface area contributed by atoms with Crippen molar-refractivity contribution in [2.24, 2.45) is 0 Å². The smallest absolute Gasteiger partial charge is 0.194 e. The molecule has 2 nitrogen and oxygen atoms in total. The van der Waals surface area contributed by atoms with Gasteiger partial charge in [-0.3, -0.25) is 9.78 Å². The van der Waals surface area contributed by atoms with Gasteiger partial charge in [-0.25, -0.2) is 0 Å². The molecule has 0 saturated heterocycles. The van der Waals surface area contributed by atoms with Gasteiger partial charge in [0.05, 0.1) is 5.69 Å². The Morgan fingerprint density at radius 3 is 2.20 bits per heavy atom.